The van der Waals surface area contributed by atoms with Crippen LogP contribution in [0.4, 0.5) is 0 Å². The van der Waals surface area contributed by atoms with Crippen molar-refractivity contribution in [1.29, 1.82) is 5.26 Å². The summed E-state index contributed by atoms with van der Waals surface area (Å²) in [6.45, 7) is 3.49. The Morgan fingerprint density at radius 3 is 2.28 bits per heavy atom. The minimum absolute atomic E-state index is 0.129. The molecule has 1 amide bonds. The molecule has 1 heterocycles. The highest BCUT2D eigenvalue weighted by molar-refractivity contribution is 5.97. The van der Waals surface area contributed by atoms with Gasteiger partial charge in [0.25, 0.3) is 5.91 Å². The molecule has 0 aromatic heterocycles. The number of carbonyl (C=O) groups excluding carboxylic acids is 1. The minimum atomic E-state index is -0.322. The first-order valence-electron chi connectivity index (χ1n) is 10.2. The summed E-state index contributed by atoms with van der Waals surface area (Å²) in [7, 11) is 0. The summed E-state index contributed by atoms with van der Waals surface area (Å²) in [6.07, 6.45) is 4.32. The Hall–Kier alpha value is -3.10. The van der Waals surface area contributed by atoms with Crippen molar-refractivity contribution in [2.45, 2.75) is 31.8 Å². The number of amides is 1. The quantitative estimate of drug-likeness (QED) is 0.539. The first-order valence-corrected chi connectivity index (χ1v) is 10.2. The van der Waals surface area contributed by atoms with E-state index in [4.69, 9.17) is 0 Å². The topological polar surface area (TPSA) is 68.2 Å². The van der Waals surface area contributed by atoms with Gasteiger partial charge in [-0.25, -0.2) is 0 Å². The Morgan fingerprint density at radius 1 is 1.03 bits per heavy atom. The van der Waals surface area contributed by atoms with Crippen molar-refractivity contribution in [2.75, 3.05) is 19.6 Å². The van der Waals surface area contributed by atoms with E-state index in [1.54, 1.807) is 6.20 Å². The zero-order chi connectivity index (χ0) is 20.3. The van der Waals surface area contributed by atoms with Gasteiger partial charge in [0.2, 0.25) is 0 Å². The van der Waals surface area contributed by atoms with Crippen LogP contribution in [0.3, 0.4) is 0 Å². The van der Waals surface area contributed by atoms with Crippen LogP contribution in [0.5, 0.6) is 0 Å². The van der Waals surface area contributed by atoms with E-state index in [0.717, 1.165) is 44.5 Å². The summed E-state index contributed by atoms with van der Waals surface area (Å²) in [4.78, 5) is 14.7. The molecule has 1 aliphatic heterocycles. The molecule has 2 N–H and O–H groups in total. The van der Waals surface area contributed by atoms with Crippen LogP contribution in [0.2, 0.25) is 0 Å². The Bertz CT molecular complexity index is 834. The number of hydrogen-bond donors (Lipinski definition) is 2. The monoisotopic (exact) mass is 388 g/mol. The van der Waals surface area contributed by atoms with Gasteiger partial charge in [0.1, 0.15) is 11.6 Å². The van der Waals surface area contributed by atoms with E-state index < -0.39 is 0 Å². The molecule has 0 aliphatic carbocycles. The van der Waals surface area contributed by atoms with Gasteiger partial charge in [-0.1, -0.05) is 60.7 Å². The maximum absolute atomic E-state index is 12.2. The Morgan fingerprint density at radius 2 is 1.66 bits per heavy atom. The van der Waals surface area contributed by atoms with Crippen LogP contribution >= 0.6 is 0 Å². The first kappa shape index (κ1) is 20.6. The molecule has 0 atom stereocenters. The average molecular weight is 389 g/mol. The molecule has 2 aromatic rings. The molecule has 1 saturated heterocycles. The molecule has 0 radical (unpaired) electrons. The molecular weight excluding hydrogens is 360 g/mol. The minimum Gasteiger partial charge on any atom is -0.387 e. The van der Waals surface area contributed by atoms with Crippen LogP contribution in [-0.2, 0) is 17.8 Å². The highest BCUT2D eigenvalue weighted by Gasteiger charge is 2.19. The fourth-order valence-corrected chi connectivity index (χ4v) is 3.51. The van der Waals surface area contributed by atoms with Gasteiger partial charge in [-0.2, -0.15) is 5.26 Å². The summed E-state index contributed by atoms with van der Waals surface area (Å²) in [5.74, 6) is -0.322. The summed E-state index contributed by atoms with van der Waals surface area (Å²) in [5, 5.41) is 15.4. The fraction of sp³-hybridized carbons (Fsp3) is 0.333. The van der Waals surface area contributed by atoms with Crippen molar-refractivity contribution in [2.24, 2.45) is 0 Å². The fourth-order valence-electron chi connectivity index (χ4n) is 3.51. The van der Waals surface area contributed by atoms with Gasteiger partial charge in [0.15, 0.2) is 0 Å². The smallest absolute Gasteiger partial charge is 0.263 e. The van der Waals surface area contributed by atoms with Crippen LogP contribution < -0.4 is 10.6 Å². The molecule has 5 heteroatoms. The number of rotatable bonds is 8. The lowest BCUT2D eigenvalue weighted by Crippen LogP contribution is -2.40. The van der Waals surface area contributed by atoms with Gasteiger partial charge in [-0.05, 0) is 30.4 Å². The summed E-state index contributed by atoms with van der Waals surface area (Å²) < 4.78 is 0. The van der Waals surface area contributed by atoms with Gasteiger partial charge < -0.3 is 10.6 Å². The number of nitriles is 1. The van der Waals surface area contributed by atoms with E-state index in [1.807, 2.05) is 42.5 Å². The molecule has 3 rings (SSSR count). The first-order chi connectivity index (χ1) is 14.2. The van der Waals surface area contributed by atoms with Gasteiger partial charge >= 0.3 is 0 Å². The summed E-state index contributed by atoms with van der Waals surface area (Å²) >= 11 is 0. The average Bonchev–Trinajstić information content (AvgIpc) is 2.77. The number of nitrogens with zero attached hydrogens (tertiary/aromatic N) is 2. The second-order valence-electron chi connectivity index (χ2n) is 7.36. The zero-order valence-electron chi connectivity index (χ0n) is 16.7. The van der Waals surface area contributed by atoms with Crippen LogP contribution in [0.25, 0.3) is 0 Å². The molecule has 0 unspecified atom stereocenters. The van der Waals surface area contributed by atoms with E-state index >= 15 is 0 Å². The van der Waals surface area contributed by atoms with E-state index in [-0.39, 0.29) is 11.5 Å². The Balaban J connectivity index is 1.40. The van der Waals surface area contributed by atoms with Crippen molar-refractivity contribution in [1.82, 2.24) is 15.5 Å². The van der Waals surface area contributed by atoms with Crippen molar-refractivity contribution < 1.29 is 4.79 Å². The van der Waals surface area contributed by atoms with Gasteiger partial charge in [-0.3, -0.25) is 9.69 Å². The third kappa shape index (κ3) is 6.78. The predicted octanol–water partition coefficient (Wildman–Crippen LogP) is 3.01. The van der Waals surface area contributed by atoms with Crippen molar-refractivity contribution in [3.05, 3.63) is 83.6 Å². The highest BCUT2D eigenvalue weighted by Crippen LogP contribution is 2.14. The molecule has 5 nitrogen and oxygen atoms in total. The van der Waals surface area contributed by atoms with Crippen LogP contribution in [0.1, 0.15) is 24.0 Å². The van der Waals surface area contributed by atoms with Crippen LogP contribution in [0.15, 0.2) is 72.4 Å². The SMILES string of the molecule is N#C/C(=C/NC1CCN(Cc2ccccc2)CC1)C(=O)NCCc1ccccc1. The van der Waals surface area contributed by atoms with Gasteiger partial charge in [-0.15, -0.1) is 0 Å². The maximum Gasteiger partial charge on any atom is 0.263 e. The summed E-state index contributed by atoms with van der Waals surface area (Å²) in [5.41, 5.74) is 2.62. The second kappa shape index (κ2) is 11.0. The molecule has 1 aliphatic rings. The number of benzene rings is 2. The summed E-state index contributed by atoms with van der Waals surface area (Å²) in [6, 6.07) is 22.8. The lowest BCUT2D eigenvalue weighted by atomic mass is 10.0. The third-order valence-corrected chi connectivity index (χ3v) is 5.21. The molecule has 150 valence electrons. The zero-order valence-corrected chi connectivity index (χ0v) is 16.7. The van der Waals surface area contributed by atoms with E-state index in [0.29, 0.717) is 12.6 Å². The van der Waals surface area contributed by atoms with Crippen LogP contribution in [0, 0.1) is 11.3 Å². The Labute approximate surface area is 173 Å². The van der Waals surface area contributed by atoms with Gasteiger partial charge in [0.05, 0.1) is 0 Å². The van der Waals surface area contributed by atoms with Crippen LogP contribution in [-0.4, -0.2) is 36.5 Å². The molecular formula is C24H28N4O. The van der Waals surface area contributed by atoms with Crippen molar-refractivity contribution in [3.8, 4) is 6.07 Å². The molecule has 2 aromatic carbocycles. The molecule has 0 spiro atoms. The maximum atomic E-state index is 12.2. The number of carbonyl (C=O) groups is 1. The van der Waals surface area contributed by atoms with E-state index in [1.165, 1.54) is 5.56 Å². The lowest BCUT2D eigenvalue weighted by Gasteiger charge is -2.32. The molecule has 0 bridgehead atoms. The predicted molar refractivity (Wildman–Crippen MR) is 115 cm³/mol. The Kier molecular flexibility index (Phi) is 7.85. The van der Waals surface area contributed by atoms with E-state index in [9.17, 15) is 10.1 Å². The van der Waals surface area contributed by atoms with Gasteiger partial charge in [0, 0.05) is 38.4 Å². The third-order valence-electron chi connectivity index (χ3n) is 5.21. The van der Waals surface area contributed by atoms with Crippen molar-refractivity contribution in [3.63, 3.8) is 0 Å². The number of likely N-dealkylation sites (tertiary alicyclic amines) is 1. The largest absolute Gasteiger partial charge is 0.387 e. The van der Waals surface area contributed by atoms with E-state index in [2.05, 4.69) is 39.8 Å². The molecule has 1 fully saturated rings. The second-order valence-corrected chi connectivity index (χ2v) is 7.36. The molecule has 0 saturated carbocycles. The van der Waals surface area contributed by atoms with Crippen molar-refractivity contribution >= 4 is 5.91 Å². The highest BCUT2D eigenvalue weighted by atomic mass is 16.1. The normalized spacial score (nSPS) is 15.5. The molecule has 29 heavy (non-hydrogen) atoms. The number of piperidine rings is 1. The standard InChI is InChI=1S/C24H28N4O/c25-17-22(24(29)26-14-11-20-7-3-1-4-8-20)18-27-23-12-15-28(16-13-23)19-21-9-5-2-6-10-21/h1-10,18,23,27H,11-16,19H2,(H,26,29)/b22-18-. The number of nitrogens with one attached hydrogen (secondary N) is 2. The lowest BCUT2D eigenvalue weighted by molar-refractivity contribution is -0.117. The number of hydrogen-bond acceptors (Lipinski definition) is 4.